The maximum Gasteiger partial charge on any atom is 0.256 e. The van der Waals surface area contributed by atoms with Gasteiger partial charge in [-0.05, 0) is 56.2 Å². The molecule has 1 amide bonds. The molecule has 164 valence electrons. The van der Waals surface area contributed by atoms with Crippen molar-refractivity contribution in [3.63, 3.8) is 0 Å². The highest BCUT2D eigenvalue weighted by molar-refractivity contribution is 7.98. The number of aryl methyl sites for hydroxylation is 3. The standard InChI is InChI=1S/C24H22FN3O2S2/c1-14-9-15(2)22(16(3)10-14)28(17(4)29)23-27-20(12-31-23)13-32-24-26-11-21(30-24)18-5-7-19(25)8-6-18/h5-12H,13H2,1-4H3. The van der Waals surface area contributed by atoms with E-state index in [9.17, 15) is 9.18 Å². The Balaban J connectivity index is 1.50. The van der Waals surface area contributed by atoms with Crippen LogP contribution in [0.25, 0.3) is 11.3 Å². The Morgan fingerprint density at radius 2 is 1.84 bits per heavy atom. The molecule has 0 aliphatic rings. The third-order valence-electron chi connectivity index (χ3n) is 4.86. The molecule has 0 bridgehead atoms. The molecule has 0 aliphatic carbocycles. The van der Waals surface area contributed by atoms with Gasteiger partial charge in [-0.3, -0.25) is 9.69 Å². The maximum atomic E-state index is 13.1. The zero-order valence-corrected chi connectivity index (χ0v) is 19.8. The lowest BCUT2D eigenvalue weighted by Gasteiger charge is -2.23. The van der Waals surface area contributed by atoms with E-state index in [1.165, 1.54) is 35.2 Å². The summed E-state index contributed by atoms with van der Waals surface area (Å²) in [6.45, 7) is 7.62. The van der Waals surface area contributed by atoms with Gasteiger partial charge in [-0.1, -0.05) is 29.5 Å². The van der Waals surface area contributed by atoms with Crippen molar-refractivity contribution in [1.29, 1.82) is 0 Å². The van der Waals surface area contributed by atoms with Crippen molar-refractivity contribution in [2.75, 3.05) is 4.90 Å². The number of halogens is 1. The van der Waals surface area contributed by atoms with Gasteiger partial charge in [0.05, 0.1) is 17.6 Å². The van der Waals surface area contributed by atoms with Crippen LogP contribution in [0.2, 0.25) is 0 Å². The Labute approximate surface area is 194 Å². The molecule has 0 N–H and O–H groups in total. The van der Waals surface area contributed by atoms with Gasteiger partial charge in [-0.2, -0.15) is 0 Å². The van der Waals surface area contributed by atoms with Crippen molar-refractivity contribution in [3.05, 3.63) is 76.2 Å². The highest BCUT2D eigenvalue weighted by atomic mass is 32.2. The topological polar surface area (TPSA) is 59.2 Å². The van der Waals surface area contributed by atoms with Crippen molar-refractivity contribution in [2.24, 2.45) is 0 Å². The number of thiazole rings is 1. The number of aromatic nitrogens is 2. The van der Waals surface area contributed by atoms with Crippen molar-refractivity contribution in [3.8, 4) is 11.3 Å². The molecular formula is C24H22FN3O2S2. The van der Waals surface area contributed by atoms with Gasteiger partial charge in [-0.25, -0.2) is 14.4 Å². The fraction of sp³-hybridized carbons (Fsp3) is 0.208. The second kappa shape index (κ2) is 9.26. The zero-order chi connectivity index (χ0) is 22.8. The molecule has 0 spiro atoms. The number of carbonyl (C=O) groups is 1. The Hall–Kier alpha value is -2.97. The van der Waals surface area contributed by atoms with Crippen LogP contribution < -0.4 is 4.90 Å². The fourth-order valence-corrected chi connectivity index (χ4v) is 5.26. The average Bonchev–Trinajstić information content (AvgIpc) is 3.39. The molecule has 32 heavy (non-hydrogen) atoms. The van der Waals surface area contributed by atoms with E-state index >= 15 is 0 Å². The minimum atomic E-state index is -0.294. The van der Waals surface area contributed by atoms with Crippen LogP contribution in [-0.4, -0.2) is 15.9 Å². The van der Waals surface area contributed by atoms with Crippen LogP contribution in [0.15, 0.2) is 57.6 Å². The summed E-state index contributed by atoms with van der Waals surface area (Å²) in [6, 6.07) is 10.2. The predicted molar refractivity (Wildman–Crippen MR) is 127 cm³/mol. The molecule has 0 atom stereocenters. The molecule has 0 radical (unpaired) electrons. The molecule has 8 heteroatoms. The van der Waals surface area contributed by atoms with Crippen LogP contribution in [0.3, 0.4) is 0 Å². The van der Waals surface area contributed by atoms with Crippen molar-refractivity contribution in [1.82, 2.24) is 9.97 Å². The van der Waals surface area contributed by atoms with E-state index in [4.69, 9.17) is 9.40 Å². The molecule has 0 unspecified atom stereocenters. The first kappa shape index (κ1) is 22.2. The molecule has 2 aromatic heterocycles. The Morgan fingerprint density at radius 1 is 1.16 bits per heavy atom. The van der Waals surface area contributed by atoms with E-state index < -0.39 is 0 Å². The van der Waals surface area contributed by atoms with Crippen LogP contribution >= 0.6 is 23.1 Å². The van der Waals surface area contributed by atoms with E-state index in [2.05, 4.69) is 17.1 Å². The maximum absolute atomic E-state index is 13.1. The summed E-state index contributed by atoms with van der Waals surface area (Å²) in [5, 5.41) is 3.09. The number of nitrogens with zero attached hydrogens (tertiary/aromatic N) is 3. The molecule has 0 saturated carbocycles. The van der Waals surface area contributed by atoms with E-state index in [0.717, 1.165) is 33.6 Å². The normalized spacial score (nSPS) is 11.0. The van der Waals surface area contributed by atoms with Crippen molar-refractivity contribution >= 4 is 39.8 Å². The number of hydrogen-bond donors (Lipinski definition) is 0. The molecule has 2 heterocycles. The molecular weight excluding hydrogens is 445 g/mol. The summed E-state index contributed by atoms with van der Waals surface area (Å²) in [6.07, 6.45) is 1.63. The molecule has 4 rings (SSSR count). The van der Waals surface area contributed by atoms with E-state index in [-0.39, 0.29) is 11.7 Å². The monoisotopic (exact) mass is 467 g/mol. The van der Waals surface area contributed by atoms with Crippen LogP contribution in [0.4, 0.5) is 15.2 Å². The van der Waals surface area contributed by atoms with Crippen LogP contribution in [0.5, 0.6) is 0 Å². The zero-order valence-electron chi connectivity index (χ0n) is 18.2. The first-order valence-corrected chi connectivity index (χ1v) is 11.9. The number of carbonyl (C=O) groups excluding carboxylic acids is 1. The third-order valence-corrected chi connectivity index (χ3v) is 6.61. The molecule has 5 nitrogen and oxygen atoms in total. The second-order valence-electron chi connectivity index (χ2n) is 7.51. The highest BCUT2D eigenvalue weighted by Gasteiger charge is 2.22. The number of rotatable bonds is 6. The highest BCUT2D eigenvalue weighted by Crippen LogP contribution is 2.36. The lowest BCUT2D eigenvalue weighted by molar-refractivity contribution is -0.115. The summed E-state index contributed by atoms with van der Waals surface area (Å²) < 4.78 is 18.9. The van der Waals surface area contributed by atoms with Gasteiger partial charge in [0.2, 0.25) is 5.91 Å². The SMILES string of the molecule is CC(=O)N(c1nc(CSc2ncc(-c3ccc(F)cc3)o2)cs1)c1c(C)cc(C)cc1C. The van der Waals surface area contributed by atoms with E-state index in [1.54, 1.807) is 30.2 Å². The molecule has 0 saturated heterocycles. The summed E-state index contributed by atoms with van der Waals surface area (Å²) in [5.41, 5.74) is 5.73. The van der Waals surface area contributed by atoms with Gasteiger partial charge >= 0.3 is 0 Å². The Kier molecular flexibility index (Phi) is 6.43. The molecule has 4 aromatic rings. The van der Waals surface area contributed by atoms with Gasteiger partial charge in [-0.15, -0.1) is 11.3 Å². The summed E-state index contributed by atoms with van der Waals surface area (Å²) >= 11 is 2.85. The number of hydrogen-bond acceptors (Lipinski definition) is 6. The molecule has 0 fully saturated rings. The summed E-state index contributed by atoms with van der Waals surface area (Å²) in [5.74, 6) is 0.764. The van der Waals surface area contributed by atoms with Gasteiger partial charge < -0.3 is 4.42 Å². The first-order valence-electron chi connectivity index (χ1n) is 9.99. The molecule has 2 aromatic carbocycles. The largest absolute Gasteiger partial charge is 0.431 e. The summed E-state index contributed by atoms with van der Waals surface area (Å²) in [4.78, 5) is 23.2. The third kappa shape index (κ3) is 4.76. The number of anilines is 2. The average molecular weight is 468 g/mol. The second-order valence-corrected chi connectivity index (χ2v) is 9.27. The van der Waals surface area contributed by atoms with Gasteiger partial charge in [0.1, 0.15) is 5.82 Å². The van der Waals surface area contributed by atoms with Crippen LogP contribution in [0, 0.1) is 26.6 Å². The minimum absolute atomic E-state index is 0.0785. The number of thioether (sulfide) groups is 1. The quantitative estimate of drug-likeness (QED) is 0.291. The Bertz CT molecular complexity index is 1240. The van der Waals surface area contributed by atoms with Gasteiger partial charge in [0.25, 0.3) is 5.22 Å². The van der Waals surface area contributed by atoms with Gasteiger partial charge in [0.15, 0.2) is 10.9 Å². The Morgan fingerprint density at radius 3 is 2.50 bits per heavy atom. The smallest absolute Gasteiger partial charge is 0.256 e. The lowest BCUT2D eigenvalue weighted by Crippen LogP contribution is -2.24. The number of benzene rings is 2. The van der Waals surface area contributed by atoms with Gasteiger partial charge in [0, 0.05) is 23.6 Å². The van der Waals surface area contributed by atoms with Crippen molar-refractivity contribution < 1.29 is 13.6 Å². The first-order chi connectivity index (χ1) is 15.3. The number of amides is 1. The van der Waals surface area contributed by atoms with E-state index in [0.29, 0.717) is 21.9 Å². The lowest BCUT2D eigenvalue weighted by atomic mass is 10.0. The van der Waals surface area contributed by atoms with Crippen LogP contribution in [0.1, 0.15) is 29.3 Å². The van der Waals surface area contributed by atoms with E-state index in [1.807, 2.05) is 26.2 Å². The molecule has 0 aliphatic heterocycles. The van der Waals surface area contributed by atoms with Crippen LogP contribution in [-0.2, 0) is 10.5 Å². The van der Waals surface area contributed by atoms with Crippen molar-refractivity contribution in [2.45, 2.75) is 38.7 Å². The predicted octanol–water partition coefficient (Wildman–Crippen LogP) is 6.84. The fourth-order valence-electron chi connectivity index (χ4n) is 3.59. The number of oxazole rings is 1. The summed E-state index contributed by atoms with van der Waals surface area (Å²) in [7, 11) is 0. The minimum Gasteiger partial charge on any atom is -0.431 e.